The van der Waals surface area contributed by atoms with Crippen LogP contribution in [0.2, 0.25) is 0 Å². The van der Waals surface area contributed by atoms with Gasteiger partial charge in [0.2, 0.25) is 5.95 Å². The highest BCUT2D eigenvalue weighted by Gasteiger charge is 2.55. The van der Waals surface area contributed by atoms with Crippen molar-refractivity contribution in [2.45, 2.75) is 105 Å². The summed E-state index contributed by atoms with van der Waals surface area (Å²) in [6, 6.07) is 1.89. The molecule has 0 amide bonds. The number of imidazole rings is 1. The number of nitrogens with two attached hydrogens (primary N) is 1. The molecule has 5 aromatic rings. The van der Waals surface area contributed by atoms with Gasteiger partial charge in [-0.15, -0.1) is 0 Å². The molecule has 4 aliphatic heterocycles. The number of phosphoric ester groups is 3. The third-order valence-corrected chi connectivity index (χ3v) is 16.4. The third-order valence-electron chi connectivity index (χ3n) is 13.5. The maximum atomic E-state index is 14.3. The molecule has 9 rings (SSSR count). The summed E-state index contributed by atoms with van der Waals surface area (Å²) in [4.78, 5) is 137. The maximum absolute atomic E-state index is 14.3. The Morgan fingerprint density at radius 3 is 1.53 bits per heavy atom. The first kappa shape index (κ1) is 61.7. The zero-order valence-corrected chi connectivity index (χ0v) is 46.1. The quantitative estimate of drug-likeness (QED) is 0.0276. The fourth-order valence-corrected chi connectivity index (χ4v) is 12.5. The zero-order valence-electron chi connectivity index (χ0n) is 43.4. The van der Waals surface area contributed by atoms with E-state index >= 15 is 0 Å². The molecule has 4 aliphatic rings. The molecule has 42 heteroatoms. The maximum Gasteiger partial charge on any atom is 0.472 e. The summed E-state index contributed by atoms with van der Waals surface area (Å²) in [7, 11) is -13.2. The fraction of sp³-hybridized carbons (Fsp3) is 0.585. The van der Waals surface area contributed by atoms with Crippen LogP contribution in [0.3, 0.4) is 0 Å². The minimum Gasteiger partial charge on any atom is -0.394 e. The molecule has 0 saturated carbocycles. The van der Waals surface area contributed by atoms with Gasteiger partial charge in [-0.3, -0.25) is 84.5 Å². The molecule has 5 aromatic heterocycles. The lowest BCUT2D eigenvalue weighted by Gasteiger charge is -2.28. The molecule has 3 unspecified atom stereocenters. The second-order valence-electron chi connectivity index (χ2n) is 18.7. The van der Waals surface area contributed by atoms with Gasteiger partial charge < -0.3 is 63.8 Å². The van der Waals surface area contributed by atoms with Crippen molar-refractivity contribution in [2.75, 3.05) is 53.5 Å². The first-order chi connectivity index (χ1) is 39.2. The number of aliphatic hydroxyl groups is 2. The number of rotatable bonds is 23. The van der Waals surface area contributed by atoms with Gasteiger partial charge in [-0.2, -0.15) is 4.98 Å². The Hall–Kier alpha value is -5.84. The highest BCUT2D eigenvalue weighted by molar-refractivity contribution is 7.48. The van der Waals surface area contributed by atoms with Crippen molar-refractivity contribution in [3.8, 4) is 0 Å². The number of nitrogens with one attached hydrogen (secondary N) is 4. The van der Waals surface area contributed by atoms with Crippen LogP contribution in [-0.2, 0) is 74.0 Å². The Morgan fingerprint density at radius 2 is 1.06 bits per heavy atom. The molecule has 83 heavy (non-hydrogen) atoms. The van der Waals surface area contributed by atoms with Gasteiger partial charge >= 0.3 is 40.5 Å². The number of methoxy groups -OCH3 is 3. The molecule has 456 valence electrons. The van der Waals surface area contributed by atoms with Gasteiger partial charge in [0.1, 0.15) is 67.3 Å². The monoisotopic (exact) mass is 1240 g/mol. The number of aryl methyl sites for hydroxylation is 1. The summed E-state index contributed by atoms with van der Waals surface area (Å²) >= 11 is 0. The summed E-state index contributed by atoms with van der Waals surface area (Å²) in [6.45, 7) is -2.57. The number of H-pyrrole nitrogens is 4. The SMILES string of the molecule is CO[C@@H]1[C@H](OP(=O)(O)OC[C@H]2O[C@@H](n3cnc4c(=O)[nH]c(N)nc43)[C@H](OC)[C@@H]2OP(=O)(O)OC[C@H]2O[C@@H](n3ccc(=O)[nH]c3=O)[C@H](OC)[C@@H]2OP(=O)(O)OC[C@H]2O[C@@H](n3cc(C)c(=O)[nH]c3=O)C[C@@H]2O)[C@@H](CO)O[C@H]1n1ccc(=O)[nH]c1=O. The van der Waals surface area contributed by atoms with Crippen molar-refractivity contribution < 1.29 is 98.9 Å². The van der Waals surface area contributed by atoms with E-state index in [4.69, 9.17) is 66.0 Å². The average Bonchev–Trinajstić information content (AvgIpc) is 4.43. The van der Waals surface area contributed by atoms with E-state index in [1.54, 1.807) is 0 Å². The number of aromatic nitrogens is 10. The number of nitrogen functional groups attached to an aromatic ring is 1. The highest BCUT2D eigenvalue weighted by atomic mass is 31.2. The van der Waals surface area contributed by atoms with Crippen LogP contribution in [0.1, 0.15) is 36.9 Å². The highest BCUT2D eigenvalue weighted by Crippen LogP contribution is 2.54. The molecule has 9 heterocycles. The Labute approximate surface area is 461 Å². The van der Waals surface area contributed by atoms with Crippen LogP contribution in [0.15, 0.2) is 70.6 Å². The Balaban J connectivity index is 0.952. The van der Waals surface area contributed by atoms with E-state index in [2.05, 4.69) is 19.9 Å². The third kappa shape index (κ3) is 13.2. The van der Waals surface area contributed by atoms with Crippen LogP contribution in [0.5, 0.6) is 0 Å². The standard InChI is InChI=1S/C41H54N11O28P3/c1-16-10-51(41(61)48-33(16)57)24-9-17(54)19(74-24)12-71-81(62,63)79-27-20(76-36(30(27)69-3)50-8-6-23(56)45-40(50)60)13-73-83(66,67)80-28-21(77-37(31(28)70-4)52-15-43-25-32(52)46-38(42)47-34(25)58)14-72-82(64,65)78-26-18(11-53)75-35(29(26)68-2)49-7-5-22(55)44-39(49)59/h5-8,10,15,17-21,24,26-31,35-37,53-54H,9,11-14H2,1-4H3,(H,62,63)(H,64,65)(H,66,67)(H,44,55,59)(H,45,56,60)(H,48,57,61)(H3,42,46,47,58)/t17-,18+,19+,20+,21+,24+,26+,27+,28+,29+,30+,31+,35+,36+,37+/m0/s1. The van der Waals surface area contributed by atoms with Crippen LogP contribution in [0.4, 0.5) is 5.95 Å². The number of hydrogen-bond donors (Lipinski definition) is 10. The molecule has 18 atom stereocenters. The molecule has 0 bridgehead atoms. The van der Waals surface area contributed by atoms with E-state index in [9.17, 15) is 72.2 Å². The lowest BCUT2D eigenvalue weighted by Crippen LogP contribution is -2.40. The summed E-state index contributed by atoms with van der Waals surface area (Å²) in [5.41, 5.74) is -0.546. The van der Waals surface area contributed by atoms with Crippen molar-refractivity contribution in [2.24, 2.45) is 0 Å². The van der Waals surface area contributed by atoms with Crippen molar-refractivity contribution in [3.63, 3.8) is 0 Å². The number of anilines is 1. The van der Waals surface area contributed by atoms with E-state index < -0.39 is 181 Å². The molecule has 0 spiro atoms. The molecule has 0 radical (unpaired) electrons. The predicted molar refractivity (Wildman–Crippen MR) is 269 cm³/mol. The van der Waals surface area contributed by atoms with E-state index in [0.29, 0.717) is 0 Å². The van der Waals surface area contributed by atoms with Gasteiger partial charge in [-0.05, 0) is 6.92 Å². The van der Waals surface area contributed by atoms with E-state index in [-0.39, 0.29) is 29.1 Å². The number of aromatic amines is 4. The van der Waals surface area contributed by atoms with Crippen molar-refractivity contribution >= 4 is 40.6 Å². The summed E-state index contributed by atoms with van der Waals surface area (Å²) in [5, 5.41) is 21.0. The summed E-state index contributed by atoms with van der Waals surface area (Å²) in [5.74, 6) is -0.383. The van der Waals surface area contributed by atoms with Crippen molar-refractivity contribution in [1.29, 1.82) is 0 Å². The number of ether oxygens (including phenoxy) is 7. The first-order valence-corrected chi connectivity index (χ1v) is 28.9. The van der Waals surface area contributed by atoms with Crippen molar-refractivity contribution in [1.82, 2.24) is 48.2 Å². The smallest absolute Gasteiger partial charge is 0.394 e. The van der Waals surface area contributed by atoms with Gasteiger partial charge in [0.05, 0.1) is 38.9 Å². The number of phosphoric acid groups is 3. The molecule has 39 nitrogen and oxygen atoms in total. The van der Waals surface area contributed by atoms with E-state index in [1.807, 2.05) is 9.97 Å². The predicted octanol–water partition coefficient (Wildman–Crippen LogP) is -4.45. The molecule has 4 saturated heterocycles. The second kappa shape index (κ2) is 24.6. The van der Waals surface area contributed by atoms with Gasteiger partial charge in [0.15, 0.2) is 29.8 Å². The van der Waals surface area contributed by atoms with Crippen LogP contribution in [-0.4, -0.2) is 188 Å². The Morgan fingerprint density at radius 1 is 0.614 bits per heavy atom. The molecular weight excluding hydrogens is 1190 g/mol. The molecular formula is C41H54N11O28P3. The van der Waals surface area contributed by atoms with Gasteiger partial charge in [0.25, 0.3) is 22.2 Å². The molecule has 4 fully saturated rings. The number of aliphatic hydroxyl groups excluding tert-OH is 2. The molecule has 0 aliphatic carbocycles. The van der Waals surface area contributed by atoms with E-state index in [0.717, 1.165) is 70.5 Å². The number of fused-ring (bicyclic) bond motifs is 1. The Kier molecular flexibility index (Phi) is 18.3. The fourth-order valence-electron chi connectivity index (χ4n) is 9.62. The molecule has 0 aromatic carbocycles. The zero-order chi connectivity index (χ0) is 60.0. The lowest BCUT2D eigenvalue weighted by molar-refractivity contribution is -0.0669. The summed E-state index contributed by atoms with van der Waals surface area (Å²) < 4.78 is 118. The lowest BCUT2D eigenvalue weighted by atomic mass is 10.1. The van der Waals surface area contributed by atoms with Gasteiger partial charge in [0, 0.05) is 64.0 Å². The number of hydrogen-bond acceptors (Lipinski definition) is 28. The van der Waals surface area contributed by atoms with Crippen LogP contribution in [0.25, 0.3) is 11.2 Å². The van der Waals surface area contributed by atoms with Crippen LogP contribution in [0, 0.1) is 6.92 Å². The second-order valence-corrected chi connectivity index (χ2v) is 22.9. The summed E-state index contributed by atoms with van der Waals surface area (Å²) in [6.07, 6.45) is -19.9. The number of nitrogens with zero attached hydrogens (tertiary/aromatic N) is 6. The van der Waals surface area contributed by atoms with Crippen molar-refractivity contribution in [3.05, 3.63) is 115 Å². The van der Waals surface area contributed by atoms with Crippen LogP contribution < -0.4 is 45.0 Å². The normalized spacial score (nSPS) is 31.3. The first-order valence-electron chi connectivity index (χ1n) is 24.4. The minimum absolute atomic E-state index is 0.131. The Bertz CT molecular complexity index is 3770. The van der Waals surface area contributed by atoms with Gasteiger partial charge in [-0.1, -0.05) is 0 Å². The topological polar surface area (TPSA) is 527 Å². The van der Waals surface area contributed by atoms with E-state index in [1.165, 1.54) is 13.1 Å². The largest absolute Gasteiger partial charge is 0.472 e. The minimum atomic E-state index is -5.64. The van der Waals surface area contributed by atoms with Crippen LogP contribution >= 0.6 is 23.5 Å². The molecule has 11 N–H and O–H groups in total. The average molecular weight is 1240 g/mol. The van der Waals surface area contributed by atoms with Gasteiger partial charge in [-0.25, -0.2) is 33.1 Å².